The van der Waals surface area contributed by atoms with Crippen molar-refractivity contribution in [1.82, 2.24) is 0 Å². The Kier molecular flexibility index (Phi) is 10.8. The van der Waals surface area contributed by atoms with Gasteiger partial charge in [-0.15, -0.1) is 0 Å². The van der Waals surface area contributed by atoms with Crippen LogP contribution in [0.2, 0.25) is 0 Å². The second-order valence-corrected chi connectivity index (χ2v) is 4.88. The summed E-state index contributed by atoms with van der Waals surface area (Å²) < 4.78 is 27.0. The number of methoxy groups -OCH3 is 6. The molecule has 0 unspecified atom stereocenters. The SMILES string of the molecule is COC(=O)C=C(C(=O)OC)/C(C(=O)OC)=C(/C(=O)OC)C(=CC(=O)OC)C(=O)OC. The Morgan fingerprint density at radius 1 is 0.433 bits per heavy atom. The van der Waals surface area contributed by atoms with E-state index in [2.05, 4.69) is 28.4 Å². The van der Waals surface area contributed by atoms with Gasteiger partial charge in [0.15, 0.2) is 0 Å². The lowest BCUT2D eigenvalue weighted by molar-refractivity contribution is -0.142. The number of carbonyl (C=O) groups excluding carboxylic acids is 6. The maximum absolute atomic E-state index is 12.5. The quantitative estimate of drug-likeness (QED) is 0.205. The van der Waals surface area contributed by atoms with Gasteiger partial charge in [-0.3, -0.25) is 0 Å². The van der Waals surface area contributed by atoms with Gasteiger partial charge in [0.2, 0.25) is 0 Å². The molecule has 0 saturated heterocycles. The molecule has 0 spiro atoms. The summed E-state index contributed by atoms with van der Waals surface area (Å²) in [6.07, 6.45) is 1.04. The average Bonchev–Trinajstić information content (AvgIpc) is 2.77. The molecule has 164 valence electrons. The van der Waals surface area contributed by atoms with E-state index in [4.69, 9.17) is 0 Å². The minimum absolute atomic E-state index is 0.522. The van der Waals surface area contributed by atoms with Crippen molar-refractivity contribution in [2.45, 2.75) is 0 Å². The zero-order chi connectivity index (χ0) is 23.4. The van der Waals surface area contributed by atoms with E-state index in [9.17, 15) is 28.8 Å². The first-order chi connectivity index (χ1) is 14.1. The molecule has 0 heterocycles. The van der Waals surface area contributed by atoms with Gasteiger partial charge in [-0.05, 0) is 0 Å². The van der Waals surface area contributed by atoms with Crippen molar-refractivity contribution >= 4 is 35.8 Å². The molecule has 12 heteroatoms. The summed E-state index contributed by atoms with van der Waals surface area (Å²) in [7, 11) is 5.59. The second kappa shape index (κ2) is 12.5. The van der Waals surface area contributed by atoms with Gasteiger partial charge in [-0.1, -0.05) is 0 Å². The normalized spacial score (nSPS) is 12.1. The molecule has 0 bridgehead atoms. The van der Waals surface area contributed by atoms with Gasteiger partial charge in [0.05, 0.1) is 65.0 Å². The van der Waals surface area contributed by atoms with Crippen LogP contribution in [0.3, 0.4) is 0 Å². The number of rotatable bonds is 8. The fraction of sp³-hybridized carbons (Fsp3) is 0.333. The van der Waals surface area contributed by atoms with Crippen LogP contribution in [0.5, 0.6) is 0 Å². The maximum atomic E-state index is 12.5. The zero-order valence-corrected chi connectivity index (χ0v) is 17.1. The largest absolute Gasteiger partial charge is 0.466 e. The number of carbonyl (C=O) groups is 6. The van der Waals surface area contributed by atoms with Crippen LogP contribution < -0.4 is 0 Å². The summed E-state index contributed by atoms with van der Waals surface area (Å²) in [4.78, 5) is 73.0. The van der Waals surface area contributed by atoms with Crippen molar-refractivity contribution in [2.75, 3.05) is 42.7 Å². The molecule has 12 nitrogen and oxygen atoms in total. The summed E-state index contributed by atoms with van der Waals surface area (Å²) in [5.41, 5.74) is -3.50. The fourth-order valence-corrected chi connectivity index (χ4v) is 1.94. The van der Waals surface area contributed by atoms with Gasteiger partial charge in [0.25, 0.3) is 0 Å². The van der Waals surface area contributed by atoms with E-state index in [1.807, 2.05) is 0 Å². The molecule has 0 atom stereocenters. The standard InChI is InChI=1S/C18H20O12/c1-25-11(19)7-9(15(21)27-3)13(17(23)29-5)14(18(24)30-6)10(16(22)28-4)8-12(20)26-2/h7-8H,1-6H3/b9-7?,10-8?,14-13-. The molecule has 0 aliphatic heterocycles. The van der Waals surface area contributed by atoms with Crippen LogP contribution in [-0.4, -0.2) is 78.5 Å². The molecule has 30 heavy (non-hydrogen) atoms. The Morgan fingerprint density at radius 2 is 0.700 bits per heavy atom. The Morgan fingerprint density at radius 3 is 0.900 bits per heavy atom. The van der Waals surface area contributed by atoms with Crippen molar-refractivity contribution in [1.29, 1.82) is 0 Å². The van der Waals surface area contributed by atoms with Crippen LogP contribution in [0.4, 0.5) is 0 Å². The molecular formula is C18H20O12. The minimum atomic E-state index is -1.35. The summed E-state index contributed by atoms with van der Waals surface area (Å²) in [6.45, 7) is 0. The first-order valence-electron chi connectivity index (χ1n) is 7.80. The first kappa shape index (κ1) is 26.0. The summed E-state index contributed by atoms with van der Waals surface area (Å²) >= 11 is 0. The molecular weight excluding hydrogens is 408 g/mol. The van der Waals surface area contributed by atoms with E-state index in [-0.39, 0.29) is 0 Å². The lowest BCUT2D eigenvalue weighted by Gasteiger charge is -2.15. The van der Waals surface area contributed by atoms with E-state index in [1.165, 1.54) is 0 Å². The van der Waals surface area contributed by atoms with Gasteiger partial charge in [-0.2, -0.15) is 0 Å². The smallest absolute Gasteiger partial charge is 0.339 e. The summed E-state index contributed by atoms with van der Waals surface area (Å²) in [5.74, 6) is -7.48. The number of esters is 6. The summed E-state index contributed by atoms with van der Waals surface area (Å²) in [5, 5.41) is 0. The monoisotopic (exact) mass is 428 g/mol. The average molecular weight is 428 g/mol. The van der Waals surface area contributed by atoms with Crippen molar-refractivity contribution in [3.05, 3.63) is 34.4 Å². The van der Waals surface area contributed by atoms with Gasteiger partial charge < -0.3 is 28.4 Å². The lowest BCUT2D eigenvalue weighted by Crippen LogP contribution is -2.25. The topological polar surface area (TPSA) is 158 Å². The van der Waals surface area contributed by atoms with Crippen LogP contribution in [0, 0.1) is 0 Å². The van der Waals surface area contributed by atoms with E-state index < -0.39 is 58.1 Å². The molecule has 0 fully saturated rings. The predicted octanol–water partition coefficient (Wildman–Crippen LogP) is -0.826. The molecule has 0 aromatic heterocycles. The van der Waals surface area contributed by atoms with E-state index in [0.717, 1.165) is 42.7 Å². The number of hydrogen-bond donors (Lipinski definition) is 0. The second-order valence-electron chi connectivity index (χ2n) is 4.88. The molecule has 0 aromatic carbocycles. The molecule has 0 amide bonds. The van der Waals surface area contributed by atoms with Crippen LogP contribution in [0.1, 0.15) is 0 Å². The third kappa shape index (κ3) is 6.58. The van der Waals surface area contributed by atoms with Gasteiger partial charge in [0, 0.05) is 12.2 Å². The van der Waals surface area contributed by atoms with Crippen molar-refractivity contribution in [3.63, 3.8) is 0 Å². The fourth-order valence-electron chi connectivity index (χ4n) is 1.94. The van der Waals surface area contributed by atoms with Gasteiger partial charge >= 0.3 is 35.8 Å². The Balaban J connectivity index is 7.61. The van der Waals surface area contributed by atoms with E-state index in [0.29, 0.717) is 12.2 Å². The molecule has 0 radical (unpaired) electrons. The van der Waals surface area contributed by atoms with Crippen molar-refractivity contribution < 1.29 is 57.2 Å². The third-order valence-electron chi connectivity index (χ3n) is 3.31. The van der Waals surface area contributed by atoms with Crippen LogP contribution in [0.25, 0.3) is 0 Å². The van der Waals surface area contributed by atoms with Crippen molar-refractivity contribution in [3.8, 4) is 0 Å². The Hall–Kier alpha value is -3.96. The highest BCUT2D eigenvalue weighted by atomic mass is 16.5. The molecule has 0 aliphatic rings. The maximum Gasteiger partial charge on any atom is 0.339 e. The van der Waals surface area contributed by atoms with Crippen molar-refractivity contribution in [2.24, 2.45) is 0 Å². The highest BCUT2D eigenvalue weighted by molar-refractivity contribution is 6.19. The Labute approximate surface area is 171 Å². The molecule has 0 aliphatic carbocycles. The highest BCUT2D eigenvalue weighted by Gasteiger charge is 2.35. The van der Waals surface area contributed by atoms with Gasteiger partial charge in [-0.25, -0.2) is 28.8 Å². The summed E-state index contributed by atoms with van der Waals surface area (Å²) in [6, 6.07) is 0. The molecule has 0 saturated carbocycles. The molecule has 0 rings (SSSR count). The van der Waals surface area contributed by atoms with Crippen LogP contribution in [0.15, 0.2) is 34.4 Å². The first-order valence-corrected chi connectivity index (χ1v) is 7.80. The van der Waals surface area contributed by atoms with Crippen LogP contribution in [-0.2, 0) is 57.2 Å². The number of ether oxygens (including phenoxy) is 6. The van der Waals surface area contributed by atoms with Gasteiger partial charge in [0.1, 0.15) is 0 Å². The Bertz CT molecular complexity index is 760. The minimum Gasteiger partial charge on any atom is -0.466 e. The molecule has 0 aromatic rings. The third-order valence-corrected chi connectivity index (χ3v) is 3.31. The van der Waals surface area contributed by atoms with E-state index in [1.54, 1.807) is 0 Å². The number of hydrogen-bond acceptors (Lipinski definition) is 12. The molecule has 0 N–H and O–H groups in total. The van der Waals surface area contributed by atoms with Crippen LogP contribution >= 0.6 is 0 Å². The highest BCUT2D eigenvalue weighted by Crippen LogP contribution is 2.26. The zero-order valence-electron chi connectivity index (χ0n) is 17.1. The van der Waals surface area contributed by atoms with E-state index >= 15 is 0 Å². The predicted molar refractivity (Wildman–Crippen MR) is 95.3 cm³/mol. The lowest BCUT2D eigenvalue weighted by atomic mass is 9.93.